The molecule has 6 heteroatoms. The summed E-state index contributed by atoms with van der Waals surface area (Å²) in [5, 5.41) is 3.37. The zero-order valence-corrected chi connectivity index (χ0v) is 13.8. The third kappa shape index (κ3) is 4.79. The van der Waals surface area contributed by atoms with Crippen molar-refractivity contribution in [3.8, 4) is 0 Å². The lowest BCUT2D eigenvalue weighted by Crippen LogP contribution is -2.47. The van der Waals surface area contributed by atoms with Crippen LogP contribution in [0.5, 0.6) is 0 Å². The number of aromatic nitrogens is 1. The van der Waals surface area contributed by atoms with Gasteiger partial charge in [-0.15, -0.1) is 0 Å². The van der Waals surface area contributed by atoms with E-state index in [0.29, 0.717) is 12.4 Å². The van der Waals surface area contributed by atoms with Gasteiger partial charge in [-0.2, -0.15) is 0 Å². The first-order valence-corrected chi connectivity index (χ1v) is 7.71. The van der Waals surface area contributed by atoms with Crippen LogP contribution >= 0.6 is 0 Å². The van der Waals surface area contributed by atoms with Crippen molar-refractivity contribution >= 4 is 17.7 Å². The van der Waals surface area contributed by atoms with Crippen LogP contribution in [0.25, 0.3) is 0 Å². The number of piperidine rings is 1. The summed E-state index contributed by atoms with van der Waals surface area (Å²) in [5.74, 6) is 1.26. The summed E-state index contributed by atoms with van der Waals surface area (Å²) >= 11 is 0. The van der Waals surface area contributed by atoms with Crippen molar-refractivity contribution in [1.29, 1.82) is 0 Å². The van der Waals surface area contributed by atoms with Gasteiger partial charge < -0.3 is 20.7 Å². The first-order chi connectivity index (χ1) is 10.2. The standard InChI is InChI=1S/C16H26N4O2/c1-11-8-13(17)19-14(9-11)18-12-6-5-7-20(10-12)15(21)22-16(2,3)4/h8-9,12H,5-7,10H2,1-4H3,(H3,17,18,19)/t12-/m0/s1. The molecular weight excluding hydrogens is 280 g/mol. The van der Waals surface area contributed by atoms with Gasteiger partial charge in [0.15, 0.2) is 0 Å². The van der Waals surface area contributed by atoms with Gasteiger partial charge in [0.2, 0.25) is 0 Å². The van der Waals surface area contributed by atoms with Gasteiger partial charge in [0, 0.05) is 19.1 Å². The van der Waals surface area contributed by atoms with Crippen LogP contribution in [0.15, 0.2) is 12.1 Å². The van der Waals surface area contributed by atoms with Gasteiger partial charge in [0.1, 0.15) is 17.2 Å². The SMILES string of the molecule is Cc1cc(N)nc(N[C@H]2CCCN(C(=O)OC(C)(C)C)C2)c1. The second-order valence-electron chi connectivity index (χ2n) is 6.86. The Morgan fingerprint density at radius 2 is 2.18 bits per heavy atom. The molecule has 0 spiro atoms. The van der Waals surface area contributed by atoms with Gasteiger partial charge in [0.05, 0.1) is 0 Å². The van der Waals surface area contributed by atoms with Gasteiger partial charge in [-0.3, -0.25) is 0 Å². The Labute approximate surface area is 132 Å². The number of nitrogen functional groups attached to an aromatic ring is 1. The molecule has 1 fully saturated rings. The molecule has 1 atom stereocenters. The quantitative estimate of drug-likeness (QED) is 0.878. The fraction of sp³-hybridized carbons (Fsp3) is 0.625. The number of likely N-dealkylation sites (tertiary alicyclic amines) is 1. The van der Waals surface area contributed by atoms with Crippen molar-refractivity contribution < 1.29 is 9.53 Å². The van der Waals surface area contributed by atoms with Gasteiger partial charge in [-0.05, 0) is 58.2 Å². The Hall–Kier alpha value is -1.98. The topological polar surface area (TPSA) is 80.5 Å². The van der Waals surface area contributed by atoms with Crippen LogP contribution in [0.3, 0.4) is 0 Å². The molecule has 6 nitrogen and oxygen atoms in total. The summed E-state index contributed by atoms with van der Waals surface area (Å²) in [5.41, 5.74) is 6.37. The molecular formula is C16H26N4O2. The molecule has 22 heavy (non-hydrogen) atoms. The molecule has 0 aliphatic carbocycles. The number of anilines is 2. The lowest BCUT2D eigenvalue weighted by molar-refractivity contribution is 0.0206. The summed E-state index contributed by atoms with van der Waals surface area (Å²) in [6.07, 6.45) is 1.68. The van der Waals surface area contributed by atoms with E-state index in [1.54, 1.807) is 4.90 Å². The van der Waals surface area contributed by atoms with Crippen molar-refractivity contribution in [2.24, 2.45) is 0 Å². The molecule has 1 aliphatic rings. The Morgan fingerprint density at radius 3 is 2.82 bits per heavy atom. The van der Waals surface area contributed by atoms with E-state index in [4.69, 9.17) is 10.5 Å². The number of nitrogens with one attached hydrogen (secondary N) is 1. The van der Waals surface area contributed by atoms with E-state index < -0.39 is 5.60 Å². The van der Waals surface area contributed by atoms with Gasteiger partial charge in [0.25, 0.3) is 0 Å². The molecule has 2 rings (SSSR count). The number of rotatable bonds is 2. The minimum Gasteiger partial charge on any atom is -0.444 e. The van der Waals surface area contributed by atoms with Gasteiger partial charge in [-0.1, -0.05) is 0 Å². The first-order valence-electron chi connectivity index (χ1n) is 7.71. The van der Waals surface area contributed by atoms with Crippen LogP contribution in [0.1, 0.15) is 39.2 Å². The molecule has 1 aromatic heterocycles. The molecule has 1 amide bonds. The summed E-state index contributed by atoms with van der Waals surface area (Å²) in [4.78, 5) is 18.2. The third-order valence-electron chi connectivity index (χ3n) is 3.41. The normalized spacial score (nSPS) is 18.9. The number of nitrogens with two attached hydrogens (primary N) is 1. The van der Waals surface area contributed by atoms with E-state index in [1.807, 2.05) is 39.8 Å². The lowest BCUT2D eigenvalue weighted by Gasteiger charge is -2.34. The monoisotopic (exact) mass is 306 g/mol. The van der Waals surface area contributed by atoms with E-state index in [0.717, 1.165) is 30.8 Å². The van der Waals surface area contributed by atoms with E-state index >= 15 is 0 Å². The number of carbonyl (C=O) groups is 1. The van der Waals surface area contributed by atoms with Crippen LogP contribution in [0.4, 0.5) is 16.4 Å². The van der Waals surface area contributed by atoms with E-state index in [1.165, 1.54) is 0 Å². The molecule has 1 aliphatic heterocycles. The second-order valence-corrected chi connectivity index (χ2v) is 6.86. The summed E-state index contributed by atoms with van der Waals surface area (Å²) in [7, 11) is 0. The summed E-state index contributed by atoms with van der Waals surface area (Å²) in [6.45, 7) is 8.97. The second kappa shape index (κ2) is 6.42. The van der Waals surface area contributed by atoms with Crippen molar-refractivity contribution in [2.75, 3.05) is 24.1 Å². The van der Waals surface area contributed by atoms with Crippen molar-refractivity contribution in [3.05, 3.63) is 17.7 Å². The maximum absolute atomic E-state index is 12.2. The third-order valence-corrected chi connectivity index (χ3v) is 3.41. The van der Waals surface area contributed by atoms with Gasteiger partial charge >= 0.3 is 6.09 Å². The average Bonchev–Trinajstić information content (AvgIpc) is 2.35. The number of nitrogens with zero attached hydrogens (tertiary/aromatic N) is 2. The number of amides is 1. The molecule has 3 N–H and O–H groups in total. The zero-order valence-electron chi connectivity index (χ0n) is 13.8. The van der Waals surface area contributed by atoms with Crippen LogP contribution in [-0.4, -0.2) is 40.7 Å². The highest BCUT2D eigenvalue weighted by atomic mass is 16.6. The van der Waals surface area contributed by atoms with Crippen LogP contribution in [-0.2, 0) is 4.74 Å². The fourth-order valence-corrected chi connectivity index (χ4v) is 2.56. The highest BCUT2D eigenvalue weighted by molar-refractivity contribution is 5.68. The number of carbonyl (C=O) groups excluding carboxylic acids is 1. The van der Waals surface area contributed by atoms with E-state index in [9.17, 15) is 4.79 Å². The maximum Gasteiger partial charge on any atom is 0.410 e. The number of aryl methyl sites for hydroxylation is 1. The Morgan fingerprint density at radius 1 is 1.45 bits per heavy atom. The number of hydrogen-bond acceptors (Lipinski definition) is 5. The zero-order chi connectivity index (χ0) is 16.3. The van der Waals surface area contributed by atoms with Crippen LogP contribution in [0, 0.1) is 6.92 Å². The molecule has 122 valence electrons. The van der Waals surface area contributed by atoms with Gasteiger partial charge in [-0.25, -0.2) is 9.78 Å². The van der Waals surface area contributed by atoms with E-state index in [-0.39, 0.29) is 12.1 Å². The van der Waals surface area contributed by atoms with Crippen LogP contribution < -0.4 is 11.1 Å². The number of hydrogen-bond donors (Lipinski definition) is 2. The minimum atomic E-state index is -0.468. The molecule has 0 radical (unpaired) electrons. The lowest BCUT2D eigenvalue weighted by atomic mass is 10.1. The Bertz CT molecular complexity index is 519. The molecule has 0 aromatic carbocycles. The Balaban J connectivity index is 1.97. The number of ether oxygens (including phenoxy) is 1. The van der Waals surface area contributed by atoms with E-state index in [2.05, 4.69) is 10.3 Å². The smallest absolute Gasteiger partial charge is 0.410 e. The predicted molar refractivity (Wildman–Crippen MR) is 87.8 cm³/mol. The predicted octanol–water partition coefficient (Wildman–Crippen LogP) is 2.78. The van der Waals surface area contributed by atoms with Crippen molar-refractivity contribution in [2.45, 2.75) is 52.2 Å². The highest BCUT2D eigenvalue weighted by Crippen LogP contribution is 2.19. The molecule has 0 unspecified atom stereocenters. The summed E-state index contributed by atoms with van der Waals surface area (Å²) < 4.78 is 5.44. The first kappa shape index (κ1) is 16.4. The average molecular weight is 306 g/mol. The molecule has 0 saturated carbocycles. The summed E-state index contributed by atoms with van der Waals surface area (Å²) in [6, 6.07) is 3.96. The maximum atomic E-state index is 12.2. The molecule has 1 saturated heterocycles. The largest absolute Gasteiger partial charge is 0.444 e. The Kier molecular flexibility index (Phi) is 4.78. The highest BCUT2D eigenvalue weighted by Gasteiger charge is 2.27. The van der Waals surface area contributed by atoms with Crippen LogP contribution in [0.2, 0.25) is 0 Å². The molecule has 2 heterocycles. The molecule has 1 aromatic rings. The molecule has 0 bridgehead atoms. The minimum absolute atomic E-state index is 0.162. The number of pyridine rings is 1. The van der Waals surface area contributed by atoms with Crippen molar-refractivity contribution in [1.82, 2.24) is 9.88 Å². The fourth-order valence-electron chi connectivity index (χ4n) is 2.56. The van der Waals surface area contributed by atoms with Crippen molar-refractivity contribution in [3.63, 3.8) is 0 Å².